The summed E-state index contributed by atoms with van der Waals surface area (Å²) in [5, 5.41) is 15.6. The number of nitrogens with zero attached hydrogens (tertiary/aromatic N) is 4. The SMILES string of the molecule is CNC(=O)c1cccc(NC(=O)Cn2cnnn2)c1. The van der Waals surface area contributed by atoms with E-state index < -0.39 is 0 Å². The molecule has 0 atom stereocenters. The second-order valence-electron chi connectivity index (χ2n) is 3.72. The van der Waals surface area contributed by atoms with Crippen LogP contribution in [0, 0.1) is 0 Å². The van der Waals surface area contributed by atoms with Gasteiger partial charge in [-0.2, -0.15) is 0 Å². The van der Waals surface area contributed by atoms with Gasteiger partial charge in [-0.25, -0.2) is 4.68 Å². The van der Waals surface area contributed by atoms with Crippen molar-refractivity contribution in [2.75, 3.05) is 12.4 Å². The fourth-order valence-corrected chi connectivity index (χ4v) is 1.48. The van der Waals surface area contributed by atoms with Crippen molar-refractivity contribution in [3.8, 4) is 0 Å². The number of amides is 2. The molecule has 1 aromatic heterocycles. The highest BCUT2D eigenvalue weighted by atomic mass is 16.2. The molecule has 2 N–H and O–H groups in total. The van der Waals surface area contributed by atoms with E-state index in [0.29, 0.717) is 11.3 Å². The number of aromatic nitrogens is 4. The van der Waals surface area contributed by atoms with E-state index in [4.69, 9.17) is 0 Å². The molecule has 0 saturated heterocycles. The van der Waals surface area contributed by atoms with Gasteiger partial charge in [-0.3, -0.25) is 9.59 Å². The van der Waals surface area contributed by atoms with Crippen molar-refractivity contribution in [3.63, 3.8) is 0 Å². The number of carbonyl (C=O) groups excluding carboxylic acids is 2. The van der Waals surface area contributed by atoms with Crippen molar-refractivity contribution in [3.05, 3.63) is 36.2 Å². The Hall–Kier alpha value is -2.77. The minimum Gasteiger partial charge on any atom is -0.355 e. The number of carbonyl (C=O) groups is 2. The molecule has 1 heterocycles. The minimum atomic E-state index is -0.277. The van der Waals surface area contributed by atoms with Crippen molar-refractivity contribution in [2.24, 2.45) is 0 Å². The normalized spacial score (nSPS) is 9.95. The maximum atomic E-state index is 11.7. The Morgan fingerprint density at radius 2 is 2.21 bits per heavy atom. The monoisotopic (exact) mass is 260 g/mol. The molecule has 1 aromatic carbocycles. The van der Waals surface area contributed by atoms with Gasteiger partial charge in [0.05, 0.1) is 0 Å². The number of anilines is 1. The molecule has 0 radical (unpaired) electrons. The van der Waals surface area contributed by atoms with Crippen LogP contribution in [0.2, 0.25) is 0 Å². The topological polar surface area (TPSA) is 102 Å². The van der Waals surface area contributed by atoms with E-state index in [1.165, 1.54) is 11.0 Å². The fraction of sp³-hybridized carbons (Fsp3) is 0.182. The average Bonchev–Trinajstić information content (AvgIpc) is 2.90. The van der Waals surface area contributed by atoms with E-state index in [9.17, 15) is 9.59 Å². The Kier molecular flexibility index (Phi) is 3.81. The van der Waals surface area contributed by atoms with Crippen LogP contribution in [0.25, 0.3) is 0 Å². The van der Waals surface area contributed by atoms with Crippen LogP contribution < -0.4 is 10.6 Å². The van der Waals surface area contributed by atoms with Crippen molar-refractivity contribution in [2.45, 2.75) is 6.54 Å². The highest BCUT2D eigenvalue weighted by Crippen LogP contribution is 2.10. The quantitative estimate of drug-likeness (QED) is 0.783. The predicted octanol–water partition coefficient (Wildman–Crippen LogP) is -0.329. The zero-order chi connectivity index (χ0) is 13.7. The van der Waals surface area contributed by atoms with E-state index in [-0.39, 0.29) is 18.4 Å². The molecule has 8 heteroatoms. The zero-order valence-corrected chi connectivity index (χ0v) is 10.2. The molecule has 0 fully saturated rings. The first kappa shape index (κ1) is 12.7. The first-order valence-corrected chi connectivity index (χ1v) is 5.52. The Bertz CT molecular complexity index is 581. The number of hydrogen-bond acceptors (Lipinski definition) is 5. The Labute approximate surface area is 108 Å². The molecule has 0 spiro atoms. The van der Waals surface area contributed by atoms with E-state index in [0.717, 1.165) is 0 Å². The van der Waals surface area contributed by atoms with Gasteiger partial charge >= 0.3 is 0 Å². The van der Waals surface area contributed by atoms with Crippen molar-refractivity contribution in [1.29, 1.82) is 0 Å². The summed E-state index contributed by atoms with van der Waals surface area (Å²) in [4.78, 5) is 23.2. The van der Waals surface area contributed by atoms with Gasteiger partial charge in [0.1, 0.15) is 12.9 Å². The largest absolute Gasteiger partial charge is 0.355 e. The third-order valence-electron chi connectivity index (χ3n) is 2.33. The van der Waals surface area contributed by atoms with Crippen LogP contribution in [0.15, 0.2) is 30.6 Å². The standard InChI is InChI=1S/C11H12N6O2/c1-12-11(19)8-3-2-4-9(5-8)14-10(18)6-17-7-13-15-16-17/h2-5,7H,6H2,1H3,(H,12,19)(H,14,18). The van der Waals surface area contributed by atoms with Gasteiger partial charge in [-0.05, 0) is 28.6 Å². The molecule has 0 aliphatic heterocycles. The summed E-state index contributed by atoms with van der Waals surface area (Å²) in [6, 6.07) is 6.65. The van der Waals surface area contributed by atoms with Crippen LogP contribution in [0.5, 0.6) is 0 Å². The molecule has 0 aliphatic rings. The number of hydrogen-bond donors (Lipinski definition) is 2. The highest BCUT2D eigenvalue weighted by molar-refractivity contribution is 5.96. The molecule has 0 bridgehead atoms. The van der Waals surface area contributed by atoms with E-state index >= 15 is 0 Å². The van der Waals surface area contributed by atoms with Gasteiger partial charge in [0.15, 0.2) is 0 Å². The van der Waals surface area contributed by atoms with Crippen LogP contribution in [0.3, 0.4) is 0 Å². The third kappa shape index (κ3) is 3.35. The summed E-state index contributed by atoms with van der Waals surface area (Å²) in [5.74, 6) is -0.488. The summed E-state index contributed by atoms with van der Waals surface area (Å²) in [6.07, 6.45) is 1.35. The summed E-state index contributed by atoms with van der Waals surface area (Å²) in [5.41, 5.74) is 1.02. The lowest BCUT2D eigenvalue weighted by molar-refractivity contribution is -0.116. The van der Waals surface area contributed by atoms with Crippen molar-refractivity contribution in [1.82, 2.24) is 25.5 Å². The lowest BCUT2D eigenvalue weighted by Gasteiger charge is -2.06. The predicted molar refractivity (Wildman–Crippen MR) is 66.3 cm³/mol. The lowest BCUT2D eigenvalue weighted by Crippen LogP contribution is -2.20. The summed E-state index contributed by atoms with van der Waals surface area (Å²) < 4.78 is 1.30. The van der Waals surface area contributed by atoms with Gasteiger partial charge in [-0.1, -0.05) is 6.07 Å². The van der Waals surface area contributed by atoms with Crippen molar-refractivity contribution >= 4 is 17.5 Å². The van der Waals surface area contributed by atoms with Crippen molar-refractivity contribution < 1.29 is 9.59 Å². The smallest absolute Gasteiger partial charge is 0.251 e. The summed E-state index contributed by atoms with van der Waals surface area (Å²) in [7, 11) is 1.55. The van der Waals surface area contributed by atoms with Gasteiger partial charge in [0.2, 0.25) is 5.91 Å². The van der Waals surface area contributed by atoms with Gasteiger partial charge in [-0.15, -0.1) is 5.10 Å². The van der Waals surface area contributed by atoms with Crippen LogP contribution >= 0.6 is 0 Å². The molecule has 0 aliphatic carbocycles. The second-order valence-corrected chi connectivity index (χ2v) is 3.72. The first-order chi connectivity index (χ1) is 9.19. The van der Waals surface area contributed by atoms with Gasteiger partial charge < -0.3 is 10.6 Å². The van der Waals surface area contributed by atoms with E-state index in [2.05, 4.69) is 26.2 Å². The van der Waals surface area contributed by atoms with Crippen LogP contribution in [-0.2, 0) is 11.3 Å². The fourth-order valence-electron chi connectivity index (χ4n) is 1.48. The summed E-state index contributed by atoms with van der Waals surface area (Å²) in [6.45, 7) is 0.0111. The average molecular weight is 260 g/mol. The maximum absolute atomic E-state index is 11.7. The first-order valence-electron chi connectivity index (χ1n) is 5.52. The Morgan fingerprint density at radius 1 is 1.37 bits per heavy atom. The Balaban J connectivity index is 2.02. The zero-order valence-electron chi connectivity index (χ0n) is 10.2. The molecule has 2 aromatic rings. The van der Waals surface area contributed by atoms with Gasteiger partial charge in [0.25, 0.3) is 5.91 Å². The molecular formula is C11H12N6O2. The maximum Gasteiger partial charge on any atom is 0.251 e. The van der Waals surface area contributed by atoms with E-state index in [1.54, 1.807) is 31.3 Å². The molecule has 98 valence electrons. The minimum absolute atomic E-state index is 0.0111. The van der Waals surface area contributed by atoms with Crippen LogP contribution in [0.1, 0.15) is 10.4 Å². The molecule has 0 saturated carbocycles. The number of benzene rings is 1. The Morgan fingerprint density at radius 3 is 2.89 bits per heavy atom. The second kappa shape index (κ2) is 5.71. The number of rotatable bonds is 4. The molecule has 2 amide bonds. The van der Waals surface area contributed by atoms with E-state index in [1.807, 2.05) is 0 Å². The molecule has 8 nitrogen and oxygen atoms in total. The molecule has 0 unspecified atom stereocenters. The number of nitrogens with one attached hydrogen (secondary N) is 2. The van der Waals surface area contributed by atoms with Gasteiger partial charge in [0, 0.05) is 18.3 Å². The van der Waals surface area contributed by atoms with Crippen LogP contribution in [-0.4, -0.2) is 39.1 Å². The lowest BCUT2D eigenvalue weighted by atomic mass is 10.2. The molecule has 19 heavy (non-hydrogen) atoms. The molecular weight excluding hydrogens is 248 g/mol. The van der Waals surface area contributed by atoms with Crippen LogP contribution in [0.4, 0.5) is 5.69 Å². The molecule has 2 rings (SSSR count). The highest BCUT2D eigenvalue weighted by Gasteiger charge is 2.07. The number of tetrazole rings is 1. The summed E-state index contributed by atoms with van der Waals surface area (Å²) >= 11 is 0. The third-order valence-corrected chi connectivity index (χ3v) is 2.33.